The molecule has 3 aromatic carbocycles. The van der Waals surface area contributed by atoms with Crippen molar-refractivity contribution in [2.75, 3.05) is 19.6 Å². The van der Waals surface area contributed by atoms with Crippen molar-refractivity contribution in [3.8, 4) is 0 Å². The second kappa shape index (κ2) is 8.29. The Morgan fingerprint density at radius 2 is 1.97 bits per heavy atom. The Morgan fingerprint density at radius 3 is 2.84 bits per heavy atom. The fourth-order valence-electron chi connectivity index (χ4n) is 4.47. The molecule has 0 N–H and O–H groups in total. The average molecular weight is 432 g/mol. The van der Waals surface area contributed by atoms with Crippen molar-refractivity contribution in [1.82, 2.24) is 4.90 Å². The maximum absolute atomic E-state index is 12.8. The molecule has 0 bridgehead atoms. The quantitative estimate of drug-likeness (QED) is 0.302. The number of nitrogens with zero attached hydrogens (tertiary/aromatic N) is 1. The summed E-state index contributed by atoms with van der Waals surface area (Å²) in [5.74, 6) is 0.586. The molecule has 1 aromatic heterocycles. The molecule has 1 unspecified atom stereocenters. The summed E-state index contributed by atoms with van der Waals surface area (Å²) in [6.45, 7) is 2.69. The molecule has 2 heterocycles. The van der Waals surface area contributed by atoms with Gasteiger partial charge in [-0.3, -0.25) is 9.59 Å². The molecule has 0 spiro atoms. The lowest BCUT2D eigenvalue weighted by Gasteiger charge is -2.16. The number of ketones is 1. The SMILES string of the molecule is O=C(CCN1CCC(c2cccc(Cl)c2)C1)c1ccc2cc3occc(=O)c3cc2c1. The van der Waals surface area contributed by atoms with Gasteiger partial charge in [-0.05, 0) is 65.6 Å². The lowest BCUT2D eigenvalue weighted by Crippen LogP contribution is -2.23. The molecular formula is C26H22ClNO3. The Hall–Kier alpha value is -2.95. The van der Waals surface area contributed by atoms with Gasteiger partial charge in [-0.15, -0.1) is 0 Å². The highest BCUT2D eigenvalue weighted by Crippen LogP contribution is 2.29. The van der Waals surface area contributed by atoms with Gasteiger partial charge in [0.05, 0.1) is 11.6 Å². The van der Waals surface area contributed by atoms with Crippen LogP contribution >= 0.6 is 11.6 Å². The largest absolute Gasteiger partial charge is 0.464 e. The van der Waals surface area contributed by atoms with Crippen LogP contribution in [0.25, 0.3) is 21.7 Å². The highest BCUT2D eigenvalue weighted by molar-refractivity contribution is 6.30. The lowest BCUT2D eigenvalue weighted by atomic mass is 9.99. The molecule has 4 aromatic rings. The minimum absolute atomic E-state index is 0.0804. The zero-order valence-corrected chi connectivity index (χ0v) is 17.8. The summed E-state index contributed by atoms with van der Waals surface area (Å²) < 4.78 is 5.44. The highest BCUT2D eigenvalue weighted by atomic mass is 35.5. The predicted octanol–water partition coefficient (Wildman–Crippen LogP) is 5.66. The highest BCUT2D eigenvalue weighted by Gasteiger charge is 2.24. The third kappa shape index (κ3) is 4.14. The van der Waals surface area contributed by atoms with Gasteiger partial charge in [0.15, 0.2) is 11.2 Å². The normalized spacial score (nSPS) is 16.9. The molecule has 1 aliphatic rings. The minimum atomic E-state index is -0.0804. The summed E-state index contributed by atoms with van der Waals surface area (Å²) in [7, 11) is 0. The van der Waals surface area contributed by atoms with Gasteiger partial charge in [0.1, 0.15) is 5.58 Å². The van der Waals surface area contributed by atoms with Crippen LogP contribution in [-0.2, 0) is 0 Å². The average Bonchev–Trinajstić information content (AvgIpc) is 3.25. The van der Waals surface area contributed by atoms with E-state index < -0.39 is 0 Å². The van der Waals surface area contributed by atoms with Crippen LogP contribution < -0.4 is 5.43 Å². The molecule has 5 rings (SSSR count). The Bertz CT molecular complexity index is 1340. The van der Waals surface area contributed by atoms with E-state index in [4.69, 9.17) is 16.0 Å². The van der Waals surface area contributed by atoms with Crippen LogP contribution in [-0.4, -0.2) is 30.3 Å². The van der Waals surface area contributed by atoms with Crippen LogP contribution in [0.15, 0.2) is 76.1 Å². The number of likely N-dealkylation sites (tertiary alicyclic amines) is 1. The predicted molar refractivity (Wildman–Crippen MR) is 124 cm³/mol. The third-order valence-electron chi connectivity index (χ3n) is 6.19. The number of carbonyl (C=O) groups excluding carboxylic acids is 1. The van der Waals surface area contributed by atoms with Crippen LogP contribution in [0.3, 0.4) is 0 Å². The topological polar surface area (TPSA) is 50.5 Å². The molecule has 5 heteroatoms. The first-order valence-electron chi connectivity index (χ1n) is 10.5. The maximum Gasteiger partial charge on any atom is 0.192 e. The second-order valence-corrected chi connectivity index (χ2v) is 8.65. The van der Waals surface area contributed by atoms with Crippen molar-refractivity contribution >= 4 is 39.1 Å². The van der Waals surface area contributed by atoms with Crippen LogP contribution in [0, 0.1) is 0 Å². The molecule has 4 nitrogen and oxygen atoms in total. The first-order valence-corrected chi connectivity index (χ1v) is 10.9. The van der Waals surface area contributed by atoms with Gasteiger partial charge in [0, 0.05) is 36.2 Å². The maximum atomic E-state index is 12.8. The summed E-state index contributed by atoms with van der Waals surface area (Å²) in [4.78, 5) is 27.3. The van der Waals surface area contributed by atoms with E-state index in [1.54, 1.807) is 0 Å². The van der Waals surface area contributed by atoms with E-state index in [1.807, 2.05) is 48.5 Å². The molecule has 0 amide bonds. The number of halogens is 1. The molecule has 1 aliphatic heterocycles. The number of benzene rings is 3. The molecule has 0 aliphatic carbocycles. The molecule has 0 saturated carbocycles. The van der Waals surface area contributed by atoms with Crippen LogP contribution in [0.1, 0.15) is 34.7 Å². The number of hydrogen-bond donors (Lipinski definition) is 0. The van der Waals surface area contributed by atoms with Crippen LogP contribution in [0.5, 0.6) is 0 Å². The Kier molecular flexibility index (Phi) is 5.34. The first-order chi connectivity index (χ1) is 15.1. The Balaban J connectivity index is 1.27. The lowest BCUT2D eigenvalue weighted by molar-refractivity contribution is 0.0969. The molecule has 31 heavy (non-hydrogen) atoms. The van der Waals surface area contributed by atoms with E-state index in [9.17, 15) is 9.59 Å². The van der Waals surface area contributed by atoms with Gasteiger partial charge < -0.3 is 9.32 Å². The van der Waals surface area contributed by atoms with Gasteiger partial charge in [-0.2, -0.15) is 0 Å². The van der Waals surface area contributed by atoms with Gasteiger partial charge >= 0.3 is 0 Å². The molecule has 0 radical (unpaired) electrons. The summed E-state index contributed by atoms with van der Waals surface area (Å²) in [6, 6.07) is 18.8. The third-order valence-corrected chi connectivity index (χ3v) is 6.42. The molecule has 1 atom stereocenters. The van der Waals surface area contributed by atoms with Crippen molar-refractivity contribution in [3.63, 3.8) is 0 Å². The van der Waals surface area contributed by atoms with E-state index in [1.165, 1.54) is 17.9 Å². The number of rotatable bonds is 5. The van der Waals surface area contributed by atoms with Crippen molar-refractivity contribution in [3.05, 3.63) is 93.3 Å². The van der Waals surface area contributed by atoms with E-state index in [-0.39, 0.29) is 11.2 Å². The van der Waals surface area contributed by atoms with Gasteiger partial charge in [-0.1, -0.05) is 35.9 Å². The van der Waals surface area contributed by atoms with Crippen molar-refractivity contribution in [2.24, 2.45) is 0 Å². The van der Waals surface area contributed by atoms with Gasteiger partial charge in [0.2, 0.25) is 0 Å². The van der Waals surface area contributed by atoms with Gasteiger partial charge in [0.25, 0.3) is 0 Å². The standard InChI is InChI=1S/C26H22ClNO3/c27-22-3-1-2-17(13-22)20-6-9-28(16-20)10-7-24(29)19-5-4-18-15-26-23(14-21(18)12-19)25(30)8-11-31-26/h1-5,8,11-15,20H,6-7,9-10,16H2. The van der Waals surface area contributed by atoms with Crippen LogP contribution in [0.4, 0.5) is 0 Å². The summed E-state index contributed by atoms with van der Waals surface area (Å²) in [6.07, 6.45) is 2.97. The smallest absolute Gasteiger partial charge is 0.192 e. The second-order valence-electron chi connectivity index (χ2n) is 8.21. The molecule has 156 valence electrons. The number of Topliss-reactive ketones (excluding diaryl/α,β-unsaturated/α-hetero) is 1. The summed E-state index contributed by atoms with van der Waals surface area (Å²) in [5.41, 5.74) is 2.43. The minimum Gasteiger partial charge on any atom is -0.464 e. The van der Waals surface area contributed by atoms with Crippen molar-refractivity contribution in [2.45, 2.75) is 18.8 Å². The zero-order chi connectivity index (χ0) is 21.4. The fraction of sp³-hybridized carbons (Fsp3) is 0.231. The van der Waals surface area contributed by atoms with E-state index in [0.29, 0.717) is 28.9 Å². The monoisotopic (exact) mass is 431 g/mol. The first kappa shape index (κ1) is 20.0. The fourth-order valence-corrected chi connectivity index (χ4v) is 4.67. The summed E-state index contributed by atoms with van der Waals surface area (Å²) >= 11 is 6.13. The van der Waals surface area contributed by atoms with Crippen molar-refractivity contribution in [1.29, 1.82) is 0 Å². The molecule has 1 saturated heterocycles. The molecular weight excluding hydrogens is 410 g/mol. The number of fused-ring (bicyclic) bond motifs is 2. The van der Waals surface area contributed by atoms with E-state index in [2.05, 4.69) is 11.0 Å². The molecule has 1 fully saturated rings. The van der Waals surface area contributed by atoms with Gasteiger partial charge in [-0.25, -0.2) is 0 Å². The van der Waals surface area contributed by atoms with Crippen LogP contribution in [0.2, 0.25) is 5.02 Å². The van der Waals surface area contributed by atoms with Crippen molar-refractivity contribution < 1.29 is 9.21 Å². The number of hydrogen-bond acceptors (Lipinski definition) is 4. The summed E-state index contributed by atoms with van der Waals surface area (Å²) in [5, 5.41) is 3.12. The zero-order valence-electron chi connectivity index (χ0n) is 17.0. The number of carbonyl (C=O) groups is 1. The van der Waals surface area contributed by atoms with E-state index >= 15 is 0 Å². The Labute approximate surface area is 185 Å². The van der Waals surface area contributed by atoms with E-state index in [0.717, 1.165) is 41.9 Å². The Morgan fingerprint density at radius 1 is 1.06 bits per heavy atom.